The van der Waals surface area contributed by atoms with Gasteiger partial charge in [0.1, 0.15) is 17.7 Å². The van der Waals surface area contributed by atoms with Gasteiger partial charge in [0, 0.05) is 17.5 Å². The predicted molar refractivity (Wildman–Crippen MR) is 81.2 cm³/mol. The molecule has 0 spiro atoms. The van der Waals surface area contributed by atoms with Crippen molar-refractivity contribution in [3.8, 4) is 5.75 Å². The van der Waals surface area contributed by atoms with E-state index in [0.29, 0.717) is 10.2 Å². The quantitative estimate of drug-likeness (QED) is 0.792. The second-order valence-corrected chi connectivity index (χ2v) is 6.93. The van der Waals surface area contributed by atoms with E-state index < -0.39 is 5.82 Å². The molecule has 2 unspecified atom stereocenters. The molecule has 1 aromatic rings. The molecule has 2 N–H and O–H groups in total. The van der Waals surface area contributed by atoms with Gasteiger partial charge in [-0.05, 0) is 28.4 Å². The van der Waals surface area contributed by atoms with Gasteiger partial charge < -0.3 is 10.5 Å². The Kier molecular flexibility index (Phi) is 5.65. The molecule has 1 rings (SSSR count). The molecule has 0 radical (unpaired) electrons. The van der Waals surface area contributed by atoms with Gasteiger partial charge in [0.2, 0.25) is 0 Å². The molecular weight excluding hydrogens is 333 g/mol. The Morgan fingerprint density at radius 1 is 1.42 bits per heavy atom. The van der Waals surface area contributed by atoms with Crippen molar-refractivity contribution in [3.05, 3.63) is 27.4 Å². The summed E-state index contributed by atoms with van der Waals surface area (Å²) in [4.78, 5) is 0. The topological polar surface area (TPSA) is 35.2 Å². The van der Waals surface area contributed by atoms with E-state index >= 15 is 0 Å². The first-order chi connectivity index (χ1) is 8.66. The molecule has 0 saturated carbocycles. The highest BCUT2D eigenvalue weighted by atomic mass is 79.9. The van der Waals surface area contributed by atoms with E-state index in [9.17, 15) is 4.39 Å². The zero-order valence-electron chi connectivity index (χ0n) is 11.6. The number of hydrogen-bond acceptors (Lipinski definition) is 2. The van der Waals surface area contributed by atoms with Crippen LogP contribution in [0.3, 0.4) is 0 Å². The van der Waals surface area contributed by atoms with Gasteiger partial charge >= 0.3 is 0 Å². The lowest BCUT2D eigenvalue weighted by Gasteiger charge is -2.35. The third-order valence-electron chi connectivity index (χ3n) is 2.94. The molecule has 108 valence electrons. The van der Waals surface area contributed by atoms with Crippen LogP contribution in [-0.4, -0.2) is 12.1 Å². The molecular formula is C14H20BrClFNO. The highest BCUT2D eigenvalue weighted by Gasteiger charge is 2.32. The summed E-state index contributed by atoms with van der Waals surface area (Å²) in [5, 5.41) is 0.0614. The molecule has 0 aliphatic rings. The van der Waals surface area contributed by atoms with Crippen molar-refractivity contribution in [2.24, 2.45) is 11.1 Å². The van der Waals surface area contributed by atoms with Crippen LogP contribution in [0.5, 0.6) is 5.75 Å². The summed E-state index contributed by atoms with van der Waals surface area (Å²) in [6, 6.07) is 2.65. The molecule has 1 aromatic carbocycles. The Balaban J connectivity index is 3.07. The van der Waals surface area contributed by atoms with Crippen LogP contribution in [0.1, 0.15) is 34.1 Å². The minimum absolute atomic E-state index is 0.0614. The average molecular weight is 353 g/mol. The predicted octanol–water partition coefficient (Wildman–Crippen LogP) is 4.77. The van der Waals surface area contributed by atoms with Gasteiger partial charge in [0.05, 0.1) is 9.50 Å². The van der Waals surface area contributed by atoms with E-state index in [-0.39, 0.29) is 22.6 Å². The van der Waals surface area contributed by atoms with E-state index in [1.54, 1.807) is 0 Å². The van der Waals surface area contributed by atoms with E-state index in [1.165, 1.54) is 12.1 Å². The van der Waals surface area contributed by atoms with E-state index in [4.69, 9.17) is 22.1 Å². The van der Waals surface area contributed by atoms with Crippen molar-refractivity contribution < 1.29 is 9.13 Å². The molecule has 0 heterocycles. The van der Waals surface area contributed by atoms with Crippen molar-refractivity contribution in [1.82, 2.24) is 0 Å². The van der Waals surface area contributed by atoms with Crippen LogP contribution in [0.25, 0.3) is 0 Å². The molecule has 0 saturated heterocycles. The zero-order chi connectivity index (χ0) is 14.8. The Bertz CT molecular complexity index is 448. The standard InChI is InChI=1S/C14H20BrClFNO/c1-5-11(18)13(14(2,3)4)19-12-7-10(17)9(16)6-8(12)15/h6-7,11,13H,5,18H2,1-4H3. The zero-order valence-corrected chi connectivity index (χ0v) is 14.0. The minimum Gasteiger partial charge on any atom is -0.487 e. The summed E-state index contributed by atoms with van der Waals surface area (Å²) in [5.41, 5.74) is 5.96. The van der Waals surface area contributed by atoms with E-state index in [1.807, 2.05) is 27.7 Å². The van der Waals surface area contributed by atoms with Gasteiger partial charge in [-0.3, -0.25) is 0 Å². The molecule has 0 amide bonds. The summed E-state index contributed by atoms with van der Waals surface area (Å²) in [7, 11) is 0. The van der Waals surface area contributed by atoms with Gasteiger partial charge in [0.15, 0.2) is 0 Å². The van der Waals surface area contributed by atoms with Crippen LogP contribution in [0.15, 0.2) is 16.6 Å². The lowest BCUT2D eigenvalue weighted by molar-refractivity contribution is 0.0612. The molecule has 0 aliphatic carbocycles. The van der Waals surface area contributed by atoms with Gasteiger partial charge in [-0.2, -0.15) is 0 Å². The molecule has 0 aliphatic heterocycles. The first kappa shape index (κ1) is 16.7. The molecule has 0 fully saturated rings. The maximum Gasteiger partial charge on any atom is 0.145 e. The number of benzene rings is 1. The summed E-state index contributed by atoms with van der Waals surface area (Å²) >= 11 is 9.05. The third-order valence-corrected chi connectivity index (χ3v) is 3.85. The Labute approximate surface area is 127 Å². The van der Waals surface area contributed by atoms with E-state index in [0.717, 1.165) is 6.42 Å². The van der Waals surface area contributed by atoms with Gasteiger partial charge in [0.25, 0.3) is 0 Å². The van der Waals surface area contributed by atoms with Crippen LogP contribution in [0, 0.1) is 11.2 Å². The van der Waals surface area contributed by atoms with Crippen molar-refractivity contribution in [3.63, 3.8) is 0 Å². The normalized spacial score (nSPS) is 15.2. The summed E-state index contributed by atoms with van der Waals surface area (Å²) in [5.74, 6) is -0.0803. The molecule has 0 bridgehead atoms. The molecule has 2 nitrogen and oxygen atoms in total. The van der Waals surface area contributed by atoms with Crippen LogP contribution in [-0.2, 0) is 0 Å². The van der Waals surface area contributed by atoms with Crippen LogP contribution < -0.4 is 10.5 Å². The molecule has 2 atom stereocenters. The SMILES string of the molecule is CCC(N)C(Oc1cc(F)c(Cl)cc1Br)C(C)(C)C. The summed E-state index contributed by atoms with van der Waals surface area (Å²) < 4.78 is 20.1. The first-order valence-corrected chi connectivity index (χ1v) is 7.40. The fourth-order valence-electron chi connectivity index (χ4n) is 1.85. The van der Waals surface area contributed by atoms with Crippen LogP contribution >= 0.6 is 27.5 Å². The van der Waals surface area contributed by atoms with Crippen molar-refractivity contribution in [1.29, 1.82) is 0 Å². The van der Waals surface area contributed by atoms with Crippen LogP contribution in [0.2, 0.25) is 5.02 Å². The number of halogens is 3. The van der Waals surface area contributed by atoms with Gasteiger partial charge in [-0.15, -0.1) is 0 Å². The highest BCUT2D eigenvalue weighted by Crippen LogP contribution is 2.34. The number of rotatable bonds is 4. The number of ether oxygens (including phenoxy) is 1. The molecule has 5 heteroatoms. The molecule has 0 aromatic heterocycles. The average Bonchev–Trinajstić information content (AvgIpc) is 2.29. The van der Waals surface area contributed by atoms with Gasteiger partial charge in [-0.25, -0.2) is 4.39 Å². The maximum absolute atomic E-state index is 13.5. The Morgan fingerprint density at radius 2 is 2.00 bits per heavy atom. The Hall–Kier alpha value is -0.320. The second kappa shape index (κ2) is 6.42. The number of nitrogens with two attached hydrogens (primary N) is 1. The molecule has 19 heavy (non-hydrogen) atoms. The largest absolute Gasteiger partial charge is 0.487 e. The first-order valence-electron chi connectivity index (χ1n) is 6.23. The third kappa shape index (κ3) is 4.33. The van der Waals surface area contributed by atoms with Gasteiger partial charge in [-0.1, -0.05) is 39.3 Å². The fraction of sp³-hybridized carbons (Fsp3) is 0.571. The lowest BCUT2D eigenvalue weighted by atomic mass is 9.84. The Morgan fingerprint density at radius 3 is 2.47 bits per heavy atom. The lowest BCUT2D eigenvalue weighted by Crippen LogP contribution is -2.47. The smallest absolute Gasteiger partial charge is 0.145 e. The monoisotopic (exact) mass is 351 g/mol. The van der Waals surface area contributed by atoms with Crippen molar-refractivity contribution in [2.45, 2.75) is 46.3 Å². The van der Waals surface area contributed by atoms with Crippen molar-refractivity contribution >= 4 is 27.5 Å². The highest BCUT2D eigenvalue weighted by molar-refractivity contribution is 9.10. The van der Waals surface area contributed by atoms with Crippen molar-refractivity contribution in [2.75, 3.05) is 0 Å². The number of hydrogen-bond donors (Lipinski definition) is 1. The minimum atomic E-state index is -0.502. The fourth-order valence-corrected chi connectivity index (χ4v) is 2.58. The maximum atomic E-state index is 13.5. The second-order valence-electron chi connectivity index (χ2n) is 5.67. The summed E-state index contributed by atoms with van der Waals surface area (Å²) in [6.45, 7) is 8.15. The van der Waals surface area contributed by atoms with E-state index in [2.05, 4.69) is 15.9 Å². The van der Waals surface area contributed by atoms with Crippen LogP contribution in [0.4, 0.5) is 4.39 Å². The summed E-state index contributed by atoms with van der Waals surface area (Å²) in [6.07, 6.45) is 0.574.